The first-order valence-electron chi connectivity index (χ1n) is 10.6. The summed E-state index contributed by atoms with van der Waals surface area (Å²) in [6.07, 6.45) is 2.07. The fourth-order valence-electron chi connectivity index (χ4n) is 3.47. The normalized spacial score (nSPS) is 16.3. The Morgan fingerprint density at radius 3 is 2.13 bits per heavy atom. The zero-order valence-electron chi connectivity index (χ0n) is 17.8. The molecule has 0 bridgehead atoms. The first-order chi connectivity index (χ1) is 14.4. The summed E-state index contributed by atoms with van der Waals surface area (Å²) in [5.74, 6) is -0.0312. The molecular formula is C23H31N3O3S. The van der Waals surface area contributed by atoms with Gasteiger partial charge in [0, 0.05) is 25.2 Å². The van der Waals surface area contributed by atoms with E-state index < -0.39 is 16.1 Å². The largest absolute Gasteiger partial charge is 0.352 e. The van der Waals surface area contributed by atoms with Crippen molar-refractivity contribution in [3.8, 4) is 0 Å². The number of sulfonamides is 1. The van der Waals surface area contributed by atoms with Crippen molar-refractivity contribution in [3.63, 3.8) is 0 Å². The molecule has 1 aliphatic rings. The molecule has 1 aliphatic carbocycles. The number of amides is 1. The van der Waals surface area contributed by atoms with Crippen LogP contribution in [-0.4, -0.2) is 37.8 Å². The zero-order valence-corrected chi connectivity index (χ0v) is 18.7. The highest BCUT2D eigenvalue weighted by Gasteiger charge is 2.29. The number of rotatable bonds is 10. The Balaban J connectivity index is 1.77. The molecule has 0 saturated heterocycles. The Bertz CT molecular complexity index is 937. The average molecular weight is 430 g/mol. The molecule has 0 heterocycles. The fraction of sp³-hybridized carbons (Fsp3) is 0.435. The molecule has 30 heavy (non-hydrogen) atoms. The topological polar surface area (TPSA) is 78.5 Å². The molecule has 162 valence electrons. The molecule has 0 unspecified atom stereocenters. The van der Waals surface area contributed by atoms with Crippen LogP contribution in [0.2, 0.25) is 0 Å². The van der Waals surface area contributed by atoms with Gasteiger partial charge in [-0.1, -0.05) is 56.3 Å². The average Bonchev–Trinajstić information content (AvgIpc) is 3.57. The molecule has 1 amide bonds. The van der Waals surface area contributed by atoms with Crippen molar-refractivity contribution >= 4 is 15.9 Å². The molecule has 0 spiro atoms. The van der Waals surface area contributed by atoms with E-state index in [4.69, 9.17) is 0 Å². The summed E-state index contributed by atoms with van der Waals surface area (Å²) in [5.41, 5.74) is 1.83. The molecular weight excluding hydrogens is 398 g/mol. The van der Waals surface area contributed by atoms with Crippen molar-refractivity contribution in [1.82, 2.24) is 14.9 Å². The van der Waals surface area contributed by atoms with E-state index in [2.05, 4.69) is 10.6 Å². The Labute approximate surface area is 179 Å². The molecule has 1 saturated carbocycles. The predicted molar refractivity (Wildman–Crippen MR) is 118 cm³/mol. The van der Waals surface area contributed by atoms with Gasteiger partial charge in [-0.15, -0.1) is 0 Å². The minimum absolute atomic E-state index is 0.0312. The van der Waals surface area contributed by atoms with E-state index in [-0.39, 0.29) is 22.9 Å². The van der Waals surface area contributed by atoms with Gasteiger partial charge in [-0.05, 0) is 43.0 Å². The maximum absolute atomic E-state index is 12.8. The molecule has 3 rings (SSSR count). The van der Waals surface area contributed by atoms with Crippen LogP contribution in [0.15, 0.2) is 59.5 Å². The van der Waals surface area contributed by atoms with E-state index in [0.717, 1.165) is 24.0 Å². The standard InChI is InChI=1S/C23H31N3O3S/c1-4-26(5-2)30(28,29)21-15-11-18(12-16-21)17(3)24-22(19-9-7-6-8-10-19)23(27)25-20-13-14-20/h6-12,15-17,20,22,24H,4-5,13-14H2,1-3H3,(H,25,27)/t17-,22+/m1/s1. The van der Waals surface area contributed by atoms with Gasteiger partial charge < -0.3 is 5.32 Å². The quantitative estimate of drug-likeness (QED) is 0.607. The Kier molecular flexibility index (Phi) is 7.28. The lowest BCUT2D eigenvalue weighted by atomic mass is 10.0. The van der Waals surface area contributed by atoms with Crippen LogP contribution >= 0.6 is 0 Å². The highest BCUT2D eigenvalue weighted by Crippen LogP contribution is 2.25. The van der Waals surface area contributed by atoms with E-state index in [1.807, 2.05) is 63.2 Å². The molecule has 2 aromatic rings. The lowest BCUT2D eigenvalue weighted by molar-refractivity contribution is -0.123. The SMILES string of the molecule is CCN(CC)S(=O)(=O)c1ccc([C@@H](C)N[C@H](C(=O)NC2CC2)c2ccccc2)cc1. The second kappa shape index (κ2) is 9.73. The molecule has 2 atom stereocenters. The van der Waals surface area contributed by atoms with Crippen LogP contribution in [0.5, 0.6) is 0 Å². The van der Waals surface area contributed by atoms with Gasteiger partial charge in [0.1, 0.15) is 6.04 Å². The Hall–Kier alpha value is -2.22. The molecule has 0 aliphatic heterocycles. The van der Waals surface area contributed by atoms with Crippen LogP contribution < -0.4 is 10.6 Å². The summed E-state index contributed by atoms with van der Waals surface area (Å²) in [5, 5.41) is 6.49. The highest BCUT2D eigenvalue weighted by atomic mass is 32.2. The number of carbonyl (C=O) groups is 1. The lowest BCUT2D eigenvalue weighted by Crippen LogP contribution is -2.39. The van der Waals surface area contributed by atoms with Crippen molar-refractivity contribution in [2.24, 2.45) is 0 Å². The monoisotopic (exact) mass is 429 g/mol. The van der Waals surface area contributed by atoms with Gasteiger partial charge >= 0.3 is 0 Å². The van der Waals surface area contributed by atoms with Crippen LogP contribution in [0.25, 0.3) is 0 Å². The van der Waals surface area contributed by atoms with Crippen molar-refractivity contribution in [3.05, 3.63) is 65.7 Å². The van der Waals surface area contributed by atoms with E-state index in [0.29, 0.717) is 13.1 Å². The molecule has 6 nitrogen and oxygen atoms in total. The summed E-state index contributed by atoms with van der Waals surface area (Å²) in [7, 11) is -3.48. The molecule has 0 radical (unpaired) electrons. The second-order valence-electron chi connectivity index (χ2n) is 7.67. The Morgan fingerprint density at radius 2 is 1.60 bits per heavy atom. The molecule has 2 aromatic carbocycles. The summed E-state index contributed by atoms with van der Waals surface area (Å²) in [6, 6.07) is 16.2. The number of benzene rings is 2. The number of carbonyl (C=O) groups excluding carboxylic acids is 1. The molecule has 0 aromatic heterocycles. The molecule has 1 fully saturated rings. The fourth-order valence-corrected chi connectivity index (χ4v) is 4.93. The maximum Gasteiger partial charge on any atom is 0.243 e. The lowest BCUT2D eigenvalue weighted by Gasteiger charge is -2.24. The van der Waals surface area contributed by atoms with Crippen LogP contribution in [0.1, 0.15) is 56.8 Å². The number of hydrogen-bond acceptors (Lipinski definition) is 4. The van der Waals surface area contributed by atoms with E-state index in [9.17, 15) is 13.2 Å². The van der Waals surface area contributed by atoms with Gasteiger partial charge in [0.05, 0.1) is 4.90 Å². The number of nitrogens with one attached hydrogen (secondary N) is 2. The predicted octanol–water partition coefficient (Wildman–Crippen LogP) is 3.39. The van der Waals surface area contributed by atoms with Crippen molar-refractivity contribution in [1.29, 1.82) is 0 Å². The highest BCUT2D eigenvalue weighted by molar-refractivity contribution is 7.89. The van der Waals surface area contributed by atoms with E-state index in [1.54, 1.807) is 12.1 Å². The van der Waals surface area contributed by atoms with Gasteiger partial charge in [-0.2, -0.15) is 4.31 Å². The van der Waals surface area contributed by atoms with Gasteiger partial charge in [-0.3, -0.25) is 10.1 Å². The summed E-state index contributed by atoms with van der Waals surface area (Å²) < 4.78 is 26.8. The van der Waals surface area contributed by atoms with Crippen LogP contribution in [0.4, 0.5) is 0 Å². The molecule has 2 N–H and O–H groups in total. The third kappa shape index (κ3) is 5.28. The van der Waals surface area contributed by atoms with Crippen molar-refractivity contribution in [2.45, 2.75) is 56.6 Å². The third-order valence-corrected chi connectivity index (χ3v) is 7.52. The first-order valence-corrected chi connectivity index (χ1v) is 12.0. The minimum atomic E-state index is -3.48. The van der Waals surface area contributed by atoms with Crippen LogP contribution in [0, 0.1) is 0 Å². The van der Waals surface area contributed by atoms with Crippen LogP contribution in [0.3, 0.4) is 0 Å². The maximum atomic E-state index is 12.8. The molecule has 7 heteroatoms. The van der Waals surface area contributed by atoms with Gasteiger partial charge in [0.25, 0.3) is 0 Å². The minimum Gasteiger partial charge on any atom is -0.352 e. The smallest absolute Gasteiger partial charge is 0.243 e. The second-order valence-corrected chi connectivity index (χ2v) is 9.61. The third-order valence-electron chi connectivity index (χ3n) is 5.46. The first kappa shape index (κ1) is 22.5. The van der Waals surface area contributed by atoms with Gasteiger partial charge in [0.15, 0.2) is 0 Å². The van der Waals surface area contributed by atoms with Crippen molar-refractivity contribution in [2.75, 3.05) is 13.1 Å². The van der Waals surface area contributed by atoms with Gasteiger partial charge in [0.2, 0.25) is 15.9 Å². The summed E-state index contributed by atoms with van der Waals surface area (Å²) in [6.45, 7) is 6.52. The number of hydrogen-bond donors (Lipinski definition) is 2. The summed E-state index contributed by atoms with van der Waals surface area (Å²) >= 11 is 0. The van der Waals surface area contributed by atoms with E-state index >= 15 is 0 Å². The van der Waals surface area contributed by atoms with Gasteiger partial charge in [-0.25, -0.2) is 8.42 Å². The summed E-state index contributed by atoms with van der Waals surface area (Å²) in [4.78, 5) is 13.1. The Morgan fingerprint density at radius 1 is 1.00 bits per heavy atom. The van der Waals surface area contributed by atoms with Crippen molar-refractivity contribution < 1.29 is 13.2 Å². The van der Waals surface area contributed by atoms with Crippen LogP contribution in [-0.2, 0) is 14.8 Å². The number of nitrogens with zero attached hydrogens (tertiary/aromatic N) is 1. The zero-order chi connectivity index (χ0) is 21.7. The van der Waals surface area contributed by atoms with E-state index in [1.165, 1.54) is 4.31 Å².